The first-order chi connectivity index (χ1) is 9.37. The van der Waals surface area contributed by atoms with Crippen LogP contribution in [0, 0.1) is 0 Å². The number of hydrogen-bond donors (Lipinski definition) is 2. The summed E-state index contributed by atoms with van der Waals surface area (Å²) in [6.07, 6.45) is 0.791. The second-order valence-corrected chi connectivity index (χ2v) is 7.09. The first-order valence-corrected chi connectivity index (χ1v) is 8.04. The summed E-state index contributed by atoms with van der Waals surface area (Å²) in [6.45, 7) is 0. The molecule has 0 saturated carbocycles. The van der Waals surface area contributed by atoms with Crippen LogP contribution in [0.25, 0.3) is 0 Å². The number of hydrogen-bond acceptors (Lipinski definition) is 4. The fourth-order valence-corrected chi connectivity index (χ4v) is 3.59. The van der Waals surface area contributed by atoms with E-state index in [1.165, 1.54) is 24.3 Å². The van der Waals surface area contributed by atoms with Gasteiger partial charge in [-0.15, -0.1) is 0 Å². The van der Waals surface area contributed by atoms with Crippen LogP contribution in [0.4, 0.5) is 0 Å². The van der Waals surface area contributed by atoms with Crippen LogP contribution in [0.5, 0.6) is 0 Å². The average molecular weight is 297 g/mol. The number of amides is 1. The van der Waals surface area contributed by atoms with Crippen molar-refractivity contribution in [2.24, 2.45) is 0 Å². The Hall–Kier alpha value is -1.89. The number of aromatic carboxylic acids is 1. The molecule has 1 heterocycles. The molecule has 20 heavy (non-hydrogen) atoms. The fourth-order valence-electron chi connectivity index (χ4n) is 2.10. The lowest BCUT2D eigenvalue weighted by molar-refractivity contribution is 0.0697. The van der Waals surface area contributed by atoms with Crippen molar-refractivity contribution in [2.75, 3.05) is 11.5 Å². The number of carbonyl (C=O) groups is 2. The molecule has 1 aliphatic rings. The van der Waals surface area contributed by atoms with Gasteiger partial charge >= 0.3 is 5.97 Å². The number of benzene rings is 1. The monoisotopic (exact) mass is 297 g/mol. The highest BCUT2D eigenvalue weighted by molar-refractivity contribution is 7.91. The third-order valence-electron chi connectivity index (χ3n) is 3.26. The van der Waals surface area contributed by atoms with Gasteiger partial charge in [0.1, 0.15) is 9.84 Å². The second-order valence-electron chi connectivity index (χ2n) is 4.79. The van der Waals surface area contributed by atoms with E-state index in [4.69, 9.17) is 5.11 Å². The number of carboxylic acids is 1. The lowest BCUT2D eigenvalue weighted by Crippen LogP contribution is -2.40. The van der Waals surface area contributed by atoms with E-state index in [1.807, 2.05) is 0 Å². The second kappa shape index (κ2) is 5.62. The molecule has 1 amide bonds. The van der Waals surface area contributed by atoms with Crippen LogP contribution in [-0.4, -0.2) is 42.9 Å². The van der Waals surface area contributed by atoms with Crippen LogP contribution in [0.3, 0.4) is 0 Å². The summed E-state index contributed by atoms with van der Waals surface area (Å²) in [5.74, 6) is -1.32. The van der Waals surface area contributed by atoms with Gasteiger partial charge in [0.2, 0.25) is 0 Å². The van der Waals surface area contributed by atoms with Gasteiger partial charge in [0, 0.05) is 11.6 Å². The molecule has 0 radical (unpaired) electrons. The van der Waals surface area contributed by atoms with Crippen LogP contribution in [-0.2, 0) is 9.84 Å². The Bertz CT molecular complexity index is 624. The van der Waals surface area contributed by atoms with Crippen molar-refractivity contribution in [3.05, 3.63) is 35.4 Å². The predicted molar refractivity (Wildman–Crippen MR) is 72.5 cm³/mol. The molecule has 2 N–H and O–H groups in total. The third-order valence-corrected chi connectivity index (χ3v) is 4.98. The number of carbonyl (C=O) groups excluding carboxylic acids is 1. The third kappa shape index (κ3) is 3.57. The molecular formula is C13H15NO5S. The molecule has 0 atom stereocenters. The van der Waals surface area contributed by atoms with E-state index in [0.717, 1.165) is 0 Å². The maximum atomic E-state index is 12.0. The number of nitrogens with one attached hydrogen (secondary N) is 1. The van der Waals surface area contributed by atoms with Crippen LogP contribution in [0.1, 0.15) is 33.6 Å². The summed E-state index contributed by atoms with van der Waals surface area (Å²) >= 11 is 0. The van der Waals surface area contributed by atoms with Crippen LogP contribution < -0.4 is 5.32 Å². The Kier molecular flexibility index (Phi) is 4.08. The minimum atomic E-state index is -2.96. The SMILES string of the molecule is O=C(O)c1cccc(C(=O)NC2CCS(=O)(=O)CC2)c1. The average Bonchev–Trinajstić information content (AvgIpc) is 2.41. The lowest BCUT2D eigenvalue weighted by atomic mass is 10.1. The number of rotatable bonds is 3. The normalized spacial score (nSPS) is 18.4. The maximum absolute atomic E-state index is 12.0. The van der Waals surface area contributed by atoms with Gasteiger partial charge in [0.15, 0.2) is 0 Å². The molecule has 0 spiro atoms. The largest absolute Gasteiger partial charge is 0.478 e. The highest BCUT2D eigenvalue weighted by Gasteiger charge is 2.25. The minimum absolute atomic E-state index is 0.0453. The van der Waals surface area contributed by atoms with Crippen molar-refractivity contribution in [2.45, 2.75) is 18.9 Å². The molecule has 1 aliphatic heterocycles. The van der Waals surface area contributed by atoms with E-state index in [1.54, 1.807) is 0 Å². The summed E-state index contributed by atoms with van der Waals surface area (Å²) in [4.78, 5) is 22.8. The molecule has 0 unspecified atom stereocenters. The zero-order valence-electron chi connectivity index (χ0n) is 10.7. The van der Waals surface area contributed by atoms with Gasteiger partial charge in [-0.3, -0.25) is 4.79 Å². The van der Waals surface area contributed by atoms with Gasteiger partial charge < -0.3 is 10.4 Å². The Morgan fingerprint density at radius 3 is 2.35 bits per heavy atom. The summed E-state index contributed by atoms with van der Waals surface area (Å²) in [5, 5.41) is 11.6. The molecule has 2 rings (SSSR count). The highest BCUT2D eigenvalue weighted by Crippen LogP contribution is 2.13. The van der Waals surface area contributed by atoms with Gasteiger partial charge in [0.05, 0.1) is 17.1 Å². The van der Waals surface area contributed by atoms with Gasteiger partial charge in [0.25, 0.3) is 5.91 Å². The van der Waals surface area contributed by atoms with E-state index < -0.39 is 15.8 Å². The van der Waals surface area contributed by atoms with Crippen molar-refractivity contribution in [3.63, 3.8) is 0 Å². The first kappa shape index (κ1) is 14.5. The molecule has 6 nitrogen and oxygen atoms in total. The maximum Gasteiger partial charge on any atom is 0.335 e. The van der Waals surface area contributed by atoms with Crippen molar-refractivity contribution in [1.29, 1.82) is 0 Å². The summed E-state index contributed by atoms with van der Waals surface area (Å²) in [5.41, 5.74) is 0.308. The molecule has 1 aromatic rings. The van der Waals surface area contributed by atoms with Crippen molar-refractivity contribution >= 4 is 21.7 Å². The van der Waals surface area contributed by atoms with Crippen molar-refractivity contribution in [1.82, 2.24) is 5.32 Å². The molecule has 1 aromatic carbocycles. The minimum Gasteiger partial charge on any atom is -0.478 e. The van der Waals surface area contributed by atoms with Crippen molar-refractivity contribution < 1.29 is 23.1 Å². The molecule has 1 fully saturated rings. The van der Waals surface area contributed by atoms with Crippen LogP contribution in [0.2, 0.25) is 0 Å². The van der Waals surface area contributed by atoms with Gasteiger partial charge in [-0.2, -0.15) is 0 Å². The Morgan fingerprint density at radius 2 is 1.75 bits per heavy atom. The summed E-state index contributed by atoms with van der Waals surface area (Å²) in [7, 11) is -2.96. The van der Waals surface area contributed by atoms with E-state index in [-0.39, 0.29) is 34.6 Å². The topological polar surface area (TPSA) is 101 Å². The Balaban J connectivity index is 2.02. The number of sulfone groups is 1. The molecule has 108 valence electrons. The standard InChI is InChI=1S/C13H15NO5S/c15-12(9-2-1-3-10(8-9)13(16)17)14-11-4-6-20(18,19)7-5-11/h1-3,8,11H,4-7H2,(H,14,15)(H,16,17). The molecule has 0 aliphatic carbocycles. The summed E-state index contributed by atoms with van der Waals surface area (Å²) < 4.78 is 22.6. The van der Waals surface area contributed by atoms with E-state index in [0.29, 0.717) is 12.8 Å². The van der Waals surface area contributed by atoms with Crippen LogP contribution in [0.15, 0.2) is 24.3 Å². The summed E-state index contributed by atoms with van der Waals surface area (Å²) in [6, 6.07) is 5.56. The molecule has 0 bridgehead atoms. The van der Waals surface area contributed by atoms with Crippen molar-refractivity contribution in [3.8, 4) is 0 Å². The highest BCUT2D eigenvalue weighted by atomic mass is 32.2. The zero-order chi connectivity index (χ0) is 14.8. The first-order valence-electron chi connectivity index (χ1n) is 6.22. The number of carboxylic acid groups (broad SMARTS) is 1. The van der Waals surface area contributed by atoms with Gasteiger partial charge in [-0.05, 0) is 31.0 Å². The van der Waals surface area contributed by atoms with E-state index in [9.17, 15) is 18.0 Å². The molecular weight excluding hydrogens is 282 g/mol. The fraction of sp³-hybridized carbons (Fsp3) is 0.385. The predicted octanol–water partition coefficient (Wildman–Crippen LogP) is 0.692. The van der Waals surface area contributed by atoms with E-state index in [2.05, 4.69) is 5.32 Å². The van der Waals surface area contributed by atoms with E-state index >= 15 is 0 Å². The van der Waals surface area contributed by atoms with Crippen LogP contribution >= 0.6 is 0 Å². The smallest absolute Gasteiger partial charge is 0.335 e. The molecule has 0 aromatic heterocycles. The molecule has 1 saturated heterocycles. The van der Waals surface area contributed by atoms with Gasteiger partial charge in [-0.25, -0.2) is 13.2 Å². The zero-order valence-corrected chi connectivity index (χ0v) is 11.5. The van der Waals surface area contributed by atoms with Gasteiger partial charge in [-0.1, -0.05) is 6.07 Å². The Labute approximate surface area is 116 Å². The lowest BCUT2D eigenvalue weighted by Gasteiger charge is -2.23. The quantitative estimate of drug-likeness (QED) is 0.855. The Morgan fingerprint density at radius 1 is 1.15 bits per heavy atom. The molecule has 7 heteroatoms.